The molecule has 1 amide bonds. The molecule has 1 N–H and O–H groups in total. The predicted molar refractivity (Wildman–Crippen MR) is 100 cm³/mol. The third-order valence-corrected chi connectivity index (χ3v) is 5.00. The predicted octanol–water partition coefficient (Wildman–Crippen LogP) is 5.30. The Bertz CT molecular complexity index is 915. The first kappa shape index (κ1) is 16.8. The maximum absolute atomic E-state index is 12.4. The van der Waals surface area contributed by atoms with Gasteiger partial charge >= 0.3 is 0 Å². The molecule has 0 saturated heterocycles. The van der Waals surface area contributed by atoms with E-state index in [2.05, 4.69) is 15.5 Å². The van der Waals surface area contributed by atoms with Gasteiger partial charge in [-0.1, -0.05) is 53.9 Å². The SMILES string of the molecule is O=C(Nc1ccccc1Cl)c1ccc(-c2noc(C3CCCC3)n2)cc1. The van der Waals surface area contributed by atoms with Crippen LogP contribution in [0.3, 0.4) is 0 Å². The molecule has 5 nitrogen and oxygen atoms in total. The third kappa shape index (κ3) is 3.48. The Morgan fingerprint density at radius 1 is 1.08 bits per heavy atom. The van der Waals surface area contributed by atoms with Crippen LogP contribution in [0.25, 0.3) is 11.4 Å². The topological polar surface area (TPSA) is 68.0 Å². The van der Waals surface area contributed by atoms with Gasteiger partial charge in [0.15, 0.2) is 0 Å². The molecule has 3 aromatic rings. The number of nitrogens with one attached hydrogen (secondary N) is 1. The molecule has 1 aromatic heterocycles. The molecule has 0 aliphatic heterocycles. The maximum atomic E-state index is 12.4. The van der Waals surface area contributed by atoms with Crippen LogP contribution in [-0.4, -0.2) is 16.0 Å². The van der Waals surface area contributed by atoms with Crippen LogP contribution in [0.15, 0.2) is 53.1 Å². The van der Waals surface area contributed by atoms with Gasteiger partial charge < -0.3 is 9.84 Å². The average molecular weight is 368 g/mol. The van der Waals surface area contributed by atoms with Crippen molar-refractivity contribution >= 4 is 23.2 Å². The number of carbonyl (C=O) groups excluding carboxylic acids is 1. The zero-order chi connectivity index (χ0) is 17.9. The highest BCUT2D eigenvalue weighted by atomic mass is 35.5. The van der Waals surface area contributed by atoms with E-state index in [-0.39, 0.29) is 5.91 Å². The summed E-state index contributed by atoms with van der Waals surface area (Å²) in [4.78, 5) is 16.9. The molecular formula is C20H18ClN3O2. The van der Waals surface area contributed by atoms with E-state index in [0.29, 0.717) is 28.0 Å². The van der Waals surface area contributed by atoms with Crippen molar-refractivity contribution in [2.24, 2.45) is 0 Å². The van der Waals surface area contributed by atoms with Crippen molar-refractivity contribution in [2.45, 2.75) is 31.6 Å². The summed E-state index contributed by atoms with van der Waals surface area (Å²) < 4.78 is 5.42. The Morgan fingerprint density at radius 3 is 2.54 bits per heavy atom. The molecule has 0 bridgehead atoms. The molecule has 1 fully saturated rings. The highest BCUT2D eigenvalue weighted by molar-refractivity contribution is 6.33. The molecule has 1 aliphatic carbocycles. The number of hydrogen-bond donors (Lipinski definition) is 1. The van der Waals surface area contributed by atoms with Crippen LogP contribution < -0.4 is 5.32 Å². The number of aromatic nitrogens is 2. The lowest BCUT2D eigenvalue weighted by molar-refractivity contribution is 0.102. The minimum Gasteiger partial charge on any atom is -0.339 e. The van der Waals surface area contributed by atoms with Crippen LogP contribution >= 0.6 is 11.6 Å². The normalized spacial score (nSPS) is 14.5. The van der Waals surface area contributed by atoms with E-state index in [1.807, 2.05) is 24.3 Å². The number of halogens is 1. The molecule has 6 heteroatoms. The number of anilines is 1. The van der Waals surface area contributed by atoms with Crippen LogP contribution in [-0.2, 0) is 0 Å². The van der Waals surface area contributed by atoms with Crippen LogP contribution in [0.5, 0.6) is 0 Å². The van der Waals surface area contributed by atoms with Crippen LogP contribution in [0.4, 0.5) is 5.69 Å². The summed E-state index contributed by atoms with van der Waals surface area (Å²) in [6.07, 6.45) is 4.67. The van der Waals surface area contributed by atoms with Gasteiger partial charge in [0.05, 0.1) is 10.7 Å². The van der Waals surface area contributed by atoms with Crippen molar-refractivity contribution in [1.82, 2.24) is 10.1 Å². The number of nitrogens with zero attached hydrogens (tertiary/aromatic N) is 2. The van der Waals surface area contributed by atoms with E-state index in [1.165, 1.54) is 12.8 Å². The van der Waals surface area contributed by atoms with Gasteiger partial charge in [-0.2, -0.15) is 4.98 Å². The molecule has 26 heavy (non-hydrogen) atoms. The zero-order valence-corrected chi connectivity index (χ0v) is 14.9. The minimum absolute atomic E-state index is 0.218. The van der Waals surface area contributed by atoms with Gasteiger partial charge in [-0.15, -0.1) is 0 Å². The van der Waals surface area contributed by atoms with Gasteiger partial charge in [-0.3, -0.25) is 4.79 Å². The smallest absolute Gasteiger partial charge is 0.255 e. The standard InChI is InChI=1S/C20H18ClN3O2/c21-16-7-3-4-8-17(16)22-19(25)14-11-9-13(10-12-14)18-23-20(26-24-18)15-5-1-2-6-15/h3-4,7-12,15H,1-2,5-6H2,(H,22,25). The summed E-state index contributed by atoms with van der Waals surface area (Å²) in [6.45, 7) is 0. The Morgan fingerprint density at radius 2 is 1.81 bits per heavy atom. The van der Waals surface area contributed by atoms with Crippen LogP contribution in [0.2, 0.25) is 5.02 Å². The number of hydrogen-bond acceptors (Lipinski definition) is 4. The van der Waals surface area contributed by atoms with E-state index in [9.17, 15) is 4.79 Å². The number of carbonyl (C=O) groups is 1. The van der Waals surface area contributed by atoms with Crippen molar-refractivity contribution in [3.05, 3.63) is 65.0 Å². The summed E-state index contributed by atoms with van der Waals surface area (Å²) in [7, 11) is 0. The Kier molecular flexibility index (Phi) is 4.71. The molecule has 1 heterocycles. The summed E-state index contributed by atoms with van der Waals surface area (Å²) in [5.74, 6) is 1.45. The largest absolute Gasteiger partial charge is 0.339 e. The molecule has 1 saturated carbocycles. The van der Waals surface area contributed by atoms with Crippen molar-refractivity contribution in [1.29, 1.82) is 0 Å². The fourth-order valence-corrected chi connectivity index (χ4v) is 3.40. The fraction of sp³-hybridized carbons (Fsp3) is 0.250. The molecule has 0 unspecified atom stereocenters. The molecule has 132 valence electrons. The second-order valence-electron chi connectivity index (χ2n) is 6.45. The molecule has 0 spiro atoms. The zero-order valence-electron chi connectivity index (χ0n) is 14.1. The van der Waals surface area contributed by atoms with Crippen LogP contribution in [0, 0.1) is 0 Å². The van der Waals surface area contributed by atoms with Crippen LogP contribution in [0.1, 0.15) is 47.8 Å². The highest BCUT2D eigenvalue weighted by Crippen LogP contribution is 2.33. The van der Waals surface area contributed by atoms with Gasteiger partial charge in [-0.05, 0) is 37.1 Å². The number of rotatable bonds is 4. The Hall–Kier alpha value is -2.66. The van der Waals surface area contributed by atoms with Crippen molar-refractivity contribution in [3.8, 4) is 11.4 Å². The van der Waals surface area contributed by atoms with Gasteiger partial charge in [0.1, 0.15) is 0 Å². The quantitative estimate of drug-likeness (QED) is 0.679. The van der Waals surface area contributed by atoms with Gasteiger partial charge in [0.25, 0.3) is 5.91 Å². The summed E-state index contributed by atoms with van der Waals surface area (Å²) >= 11 is 6.08. The molecule has 2 aromatic carbocycles. The van der Waals surface area contributed by atoms with Gasteiger partial charge in [-0.25, -0.2) is 0 Å². The Balaban J connectivity index is 1.48. The first-order valence-corrected chi connectivity index (χ1v) is 9.08. The summed E-state index contributed by atoms with van der Waals surface area (Å²) in [5, 5.41) is 7.39. The average Bonchev–Trinajstić information content (AvgIpc) is 3.35. The second-order valence-corrected chi connectivity index (χ2v) is 6.86. The number of para-hydroxylation sites is 1. The molecule has 4 rings (SSSR count). The molecular weight excluding hydrogens is 350 g/mol. The molecule has 1 aliphatic rings. The monoisotopic (exact) mass is 367 g/mol. The molecule has 0 radical (unpaired) electrons. The fourth-order valence-electron chi connectivity index (χ4n) is 3.22. The van der Waals surface area contributed by atoms with Crippen molar-refractivity contribution in [2.75, 3.05) is 5.32 Å². The lowest BCUT2D eigenvalue weighted by Gasteiger charge is -2.07. The van der Waals surface area contributed by atoms with Gasteiger partial charge in [0, 0.05) is 17.0 Å². The Labute approximate surface area is 156 Å². The number of benzene rings is 2. The second kappa shape index (κ2) is 7.30. The lowest BCUT2D eigenvalue weighted by atomic mass is 10.1. The van der Waals surface area contributed by atoms with E-state index in [1.54, 1.807) is 24.3 Å². The minimum atomic E-state index is -0.218. The van der Waals surface area contributed by atoms with E-state index in [4.69, 9.17) is 16.1 Å². The van der Waals surface area contributed by atoms with Crippen molar-refractivity contribution < 1.29 is 9.32 Å². The first-order valence-electron chi connectivity index (χ1n) is 8.70. The van der Waals surface area contributed by atoms with E-state index >= 15 is 0 Å². The summed E-state index contributed by atoms with van der Waals surface area (Å²) in [6, 6.07) is 14.3. The molecule has 0 atom stereocenters. The highest BCUT2D eigenvalue weighted by Gasteiger charge is 2.23. The van der Waals surface area contributed by atoms with Crippen molar-refractivity contribution in [3.63, 3.8) is 0 Å². The number of amides is 1. The van der Waals surface area contributed by atoms with Gasteiger partial charge in [0.2, 0.25) is 11.7 Å². The summed E-state index contributed by atoms with van der Waals surface area (Å²) in [5.41, 5.74) is 1.95. The van der Waals surface area contributed by atoms with E-state index in [0.717, 1.165) is 24.3 Å². The first-order chi connectivity index (χ1) is 12.7. The maximum Gasteiger partial charge on any atom is 0.255 e. The lowest BCUT2D eigenvalue weighted by Crippen LogP contribution is -2.12. The van der Waals surface area contributed by atoms with E-state index < -0.39 is 0 Å². The third-order valence-electron chi connectivity index (χ3n) is 4.67.